The summed E-state index contributed by atoms with van der Waals surface area (Å²) < 4.78 is 52.0. The third-order valence-corrected chi connectivity index (χ3v) is 7.27. The van der Waals surface area contributed by atoms with Gasteiger partial charge in [0.1, 0.15) is 12.3 Å². The third-order valence-electron chi connectivity index (χ3n) is 7.27. The topological polar surface area (TPSA) is 67.8 Å². The zero-order valence-corrected chi connectivity index (χ0v) is 25.2. The van der Waals surface area contributed by atoms with Crippen molar-refractivity contribution in [3.8, 4) is 17.6 Å². The molecule has 1 saturated heterocycles. The fourth-order valence-electron chi connectivity index (χ4n) is 5.15. The molecule has 2 aromatic carbocycles. The van der Waals surface area contributed by atoms with Crippen LogP contribution < -0.4 is 15.4 Å². The van der Waals surface area contributed by atoms with Crippen molar-refractivity contribution in [2.24, 2.45) is 5.92 Å². The zero-order chi connectivity index (χ0) is 30.9. The molecule has 0 amide bonds. The Morgan fingerprint density at radius 2 is 1.88 bits per heavy atom. The number of alkyl halides is 3. The Hall–Kier alpha value is -3.84. The maximum Gasteiger partial charge on any atom is 0.406 e. The first-order valence-electron chi connectivity index (χ1n) is 14.3. The van der Waals surface area contributed by atoms with Gasteiger partial charge in [-0.05, 0) is 61.2 Å². The number of aromatic nitrogens is 1. The number of piperidine rings is 1. The Kier molecular flexibility index (Phi) is 11.6. The number of methoxy groups -OCH3 is 2. The van der Waals surface area contributed by atoms with E-state index in [1.807, 2.05) is 19.9 Å². The fourth-order valence-corrected chi connectivity index (χ4v) is 5.15. The highest BCUT2D eigenvalue weighted by Gasteiger charge is 2.30. The quantitative estimate of drug-likeness (QED) is 0.228. The summed E-state index contributed by atoms with van der Waals surface area (Å²) in [7, 11) is 2.77. The predicted molar refractivity (Wildman–Crippen MR) is 162 cm³/mol. The maximum absolute atomic E-state index is 13.6. The Bertz CT molecular complexity index is 1410. The van der Waals surface area contributed by atoms with Crippen LogP contribution in [0.15, 0.2) is 42.5 Å². The highest BCUT2D eigenvalue weighted by Crippen LogP contribution is 2.32. The number of carbonyl (C=O) groups excluding carboxylic acids is 1. The number of nitrogens with one attached hydrogen (secondary N) is 2. The number of likely N-dealkylation sites (tertiary alicyclic amines) is 1. The molecule has 0 spiro atoms. The van der Waals surface area contributed by atoms with Crippen LogP contribution in [0.5, 0.6) is 5.75 Å². The van der Waals surface area contributed by atoms with Gasteiger partial charge in [-0.3, -0.25) is 0 Å². The van der Waals surface area contributed by atoms with E-state index in [1.54, 1.807) is 36.4 Å². The molecular weight excluding hydrogens is 545 g/mol. The van der Waals surface area contributed by atoms with Crippen LogP contribution in [0.2, 0.25) is 0 Å². The summed E-state index contributed by atoms with van der Waals surface area (Å²) >= 11 is 0. The molecule has 0 aliphatic carbocycles. The molecule has 3 aromatic rings. The normalized spacial score (nSPS) is 17.0. The van der Waals surface area contributed by atoms with Gasteiger partial charge in [0, 0.05) is 30.2 Å². The zero-order valence-electron chi connectivity index (χ0n) is 25.2. The Morgan fingerprint density at radius 3 is 2.52 bits per heavy atom. The molecule has 10 heteroatoms. The van der Waals surface area contributed by atoms with Gasteiger partial charge in [-0.15, -0.1) is 0 Å². The molecular formula is C32H41F3N4O3. The van der Waals surface area contributed by atoms with E-state index in [0.29, 0.717) is 33.8 Å². The van der Waals surface area contributed by atoms with E-state index in [4.69, 9.17) is 9.47 Å². The molecule has 1 aliphatic rings. The lowest BCUT2D eigenvalue weighted by Gasteiger charge is -2.37. The predicted octanol–water partition coefficient (Wildman–Crippen LogP) is 6.63. The van der Waals surface area contributed by atoms with Crippen LogP contribution in [-0.4, -0.2) is 68.1 Å². The van der Waals surface area contributed by atoms with Crippen molar-refractivity contribution in [3.05, 3.63) is 53.7 Å². The smallest absolute Gasteiger partial charge is 0.406 e. The molecule has 0 radical (unpaired) electrons. The Morgan fingerprint density at radius 1 is 1.12 bits per heavy atom. The van der Waals surface area contributed by atoms with Gasteiger partial charge >= 0.3 is 12.1 Å². The van der Waals surface area contributed by atoms with E-state index in [-0.39, 0.29) is 18.3 Å². The van der Waals surface area contributed by atoms with E-state index in [0.717, 1.165) is 31.7 Å². The molecule has 0 bridgehead atoms. The third kappa shape index (κ3) is 8.13. The number of anilines is 2. The molecule has 1 aliphatic heterocycles. The summed E-state index contributed by atoms with van der Waals surface area (Å²) in [6, 6.07) is 12.2. The monoisotopic (exact) mass is 586 g/mol. The average Bonchev–Trinajstić information content (AvgIpc) is 3.33. The first kappa shape index (κ1) is 32.7. The van der Waals surface area contributed by atoms with Gasteiger partial charge in [0.25, 0.3) is 0 Å². The van der Waals surface area contributed by atoms with Crippen molar-refractivity contribution in [1.82, 2.24) is 9.47 Å². The van der Waals surface area contributed by atoms with Crippen molar-refractivity contribution >= 4 is 28.2 Å². The minimum absolute atomic E-state index is 0.153. The van der Waals surface area contributed by atoms with Gasteiger partial charge in [0.05, 0.1) is 43.2 Å². The van der Waals surface area contributed by atoms with Crippen LogP contribution in [0.25, 0.3) is 10.9 Å². The summed E-state index contributed by atoms with van der Waals surface area (Å²) in [6.07, 6.45) is -3.43. The number of benzene rings is 2. The van der Waals surface area contributed by atoms with E-state index in [1.165, 1.54) is 18.8 Å². The minimum atomic E-state index is -4.40. The Balaban J connectivity index is 0.00000237. The van der Waals surface area contributed by atoms with E-state index in [9.17, 15) is 18.0 Å². The van der Waals surface area contributed by atoms with Gasteiger partial charge in [-0.25, -0.2) is 4.79 Å². The lowest BCUT2D eigenvalue weighted by molar-refractivity contribution is -0.140. The second kappa shape index (κ2) is 14.9. The van der Waals surface area contributed by atoms with Gasteiger partial charge in [-0.1, -0.05) is 39.7 Å². The average molecular weight is 587 g/mol. The van der Waals surface area contributed by atoms with Crippen LogP contribution in [0, 0.1) is 17.8 Å². The second-order valence-electron chi connectivity index (χ2n) is 9.94. The van der Waals surface area contributed by atoms with E-state index >= 15 is 0 Å². The molecule has 2 heterocycles. The molecule has 1 aromatic heterocycles. The lowest BCUT2D eigenvalue weighted by Crippen LogP contribution is -2.45. The minimum Gasteiger partial charge on any atom is -0.495 e. The number of nitrogens with zero attached hydrogens (tertiary/aromatic N) is 2. The van der Waals surface area contributed by atoms with Crippen molar-refractivity contribution in [1.29, 1.82) is 0 Å². The van der Waals surface area contributed by atoms with E-state index < -0.39 is 18.7 Å². The van der Waals surface area contributed by atoms with Crippen LogP contribution in [0.4, 0.5) is 24.5 Å². The highest BCUT2D eigenvalue weighted by molar-refractivity contribution is 5.94. The summed E-state index contributed by atoms with van der Waals surface area (Å²) in [5.74, 6) is 6.20. The number of fused-ring (bicyclic) bond motifs is 1. The summed E-state index contributed by atoms with van der Waals surface area (Å²) in [5, 5.41) is 7.43. The molecule has 1 fully saturated rings. The summed E-state index contributed by atoms with van der Waals surface area (Å²) in [5.41, 5.74) is 2.51. The fraction of sp³-hybridized carbons (Fsp3) is 0.469. The first-order valence-corrected chi connectivity index (χ1v) is 14.3. The molecule has 228 valence electrons. The molecule has 4 rings (SSSR count). The number of hydrogen-bond donors (Lipinski definition) is 2. The number of rotatable bonds is 8. The molecule has 0 saturated carbocycles. The molecule has 2 unspecified atom stereocenters. The van der Waals surface area contributed by atoms with Crippen LogP contribution in [0.3, 0.4) is 0 Å². The highest BCUT2D eigenvalue weighted by atomic mass is 19.4. The number of hydrogen-bond acceptors (Lipinski definition) is 6. The first-order chi connectivity index (χ1) is 20.1. The van der Waals surface area contributed by atoms with Crippen LogP contribution in [0.1, 0.15) is 50.2 Å². The van der Waals surface area contributed by atoms with Gasteiger partial charge < -0.3 is 29.6 Å². The number of carbonyl (C=O) groups is 1. The SMILES string of the molecule is CC.CCN1CCC(Nc2cccc3c2cc(C#CCNc2ccc(C(=O)OC)cc2OC)n3CC(F)(F)F)C(C)C1. The molecule has 42 heavy (non-hydrogen) atoms. The van der Waals surface area contributed by atoms with Crippen molar-refractivity contribution in [2.45, 2.75) is 52.9 Å². The Labute approximate surface area is 246 Å². The second-order valence-corrected chi connectivity index (χ2v) is 9.94. The van der Waals surface area contributed by atoms with Gasteiger partial charge in [-0.2, -0.15) is 13.2 Å². The number of esters is 1. The number of ether oxygens (including phenoxy) is 2. The standard InChI is InChI=1S/C30H35F3N4O3.C2H6/c1-5-36-15-13-24(20(2)18-36)35-25-9-6-10-27-23(25)17-22(37(27)19-30(31,32)33)8-7-14-34-26-12-11-21(29(38)40-4)16-28(26)39-3;1-2/h6,9-12,16-17,20,24,34-35H,5,13-15,18-19H2,1-4H3;1-2H3. The lowest BCUT2D eigenvalue weighted by atomic mass is 9.93. The van der Waals surface area contributed by atoms with Gasteiger partial charge in [0.2, 0.25) is 0 Å². The largest absolute Gasteiger partial charge is 0.495 e. The molecule has 2 atom stereocenters. The summed E-state index contributed by atoms with van der Waals surface area (Å²) in [4.78, 5) is 14.2. The van der Waals surface area contributed by atoms with E-state index in [2.05, 4.69) is 41.2 Å². The van der Waals surface area contributed by atoms with Gasteiger partial charge in [0.15, 0.2) is 0 Å². The molecule has 7 nitrogen and oxygen atoms in total. The summed E-state index contributed by atoms with van der Waals surface area (Å²) in [6.45, 7) is 10.4. The van der Waals surface area contributed by atoms with Crippen molar-refractivity contribution in [2.75, 3.05) is 51.0 Å². The van der Waals surface area contributed by atoms with Crippen molar-refractivity contribution in [3.63, 3.8) is 0 Å². The van der Waals surface area contributed by atoms with Crippen LogP contribution in [-0.2, 0) is 11.3 Å². The van der Waals surface area contributed by atoms with Crippen LogP contribution >= 0.6 is 0 Å². The molecule has 2 N–H and O–H groups in total. The number of halogens is 3. The van der Waals surface area contributed by atoms with Crippen molar-refractivity contribution < 1.29 is 27.4 Å². The maximum atomic E-state index is 13.6.